The van der Waals surface area contributed by atoms with Gasteiger partial charge in [-0.05, 0) is 42.3 Å². The lowest BCUT2D eigenvalue weighted by atomic mass is 10.2. The number of halogens is 2. The lowest BCUT2D eigenvalue weighted by Crippen LogP contribution is -2.38. The second-order valence-corrected chi connectivity index (χ2v) is 5.07. The first-order valence-corrected chi connectivity index (χ1v) is 7.03. The van der Waals surface area contributed by atoms with Gasteiger partial charge in [0.05, 0.1) is 6.04 Å². The molecule has 0 aliphatic rings. The molecule has 0 aliphatic heterocycles. The van der Waals surface area contributed by atoms with E-state index in [0.29, 0.717) is 18.9 Å². The first-order chi connectivity index (χ1) is 10.5. The highest BCUT2D eigenvalue weighted by Crippen LogP contribution is 2.14. The Kier molecular flexibility index (Phi) is 7.51. The summed E-state index contributed by atoms with van der Waals surface area (Å²) in [7, 11) is 0. The number of nitrogens with two attached hydrogens (primary N) is 1. The van der Waals surface area contributed by atoms with E-state index in [2.05, 4.69) is 5.32 Å². The van der Waals surface area contributed by atoms with Gasteiger partial charge in [0.25, 0.3) is 0 Å². The van der Waals surface area contributed by atoms with E-state index in [1.54, 1.807) is 13.0 Å². The van der Waals surface area contributed by atoms with Crippen LogP contribution in [0.1, 0.15) is 18.1 Å². The molecule has 0 aliphatic carbocycles. The zero-order chi connectivity index (χ0) is 15.9. The molecule has 124 valence electrons. The van der Waals surface area contributed by atoms with Crippen LogP contribution in [0.3, 0.4) is 0 Å². The van der Waals surface area contributed by atoms with E-state index in [1.807, 2.05) is 30.3 Å². The molecule has 2 aromatic rings. The molecule has 0 spiro atoms. The Labute approximate surface area is 141 Å². The summed E-state index contributed by atoms with van der Waals surface area (Å²) in [6, 6.07) is 13.4. The average Bonchev–Trinajstić information content (AvgIpc) is 2.51. The molecular weight excluding hydrogens is 319 g/mol. The van der Waals surface area contributed by atoms with E-state index in [-0.39, 0.29) is 30.2 Å². The fourth-order valence-corrected chi connectivity index (χ4v) is 1.87. The largest absolute Gasteiger partial charge is 0.489 e. The molecule has 1 atom stereocenters. The lowest BCUT2D eigenvalue weighted by Gasteiger charge is -2.11. The third-order valence-corrected chi connectivity index (χ3v) is 3.26. The van der Waals surface area contributed by atoms with Crippen LogP contribution in [-0.2, 0) is 17.9 Å². The van der Waals surface area contributed by atoms with Gasteiger partial charge in [-0.15, -0.1) is 12.4 Å². The highest BCUT2D eigenvalue weighted by Gasteiger charge is 2.07. The van der Waals surface area contributed by atoms with Crippen LogP contribution in [-0.4, -0.2) is 11.9 Å². The molecule has 0 saturated carbocycles. The molecule has 1 amide bonds. The summed E-state index contributed by atoms with van der Waals surface area (Å²) < 4.78 is 18.7. The fraction of sp³-hybridized carbons (Fsp3) is 0.235. The molecule has 23 heavy (non-hydrogen) atoms. The third kappa shape index (κ3) is 6.26. The van der Waals surface area contributed by atoms with Gasteiger partial charge >= 0.3 is 0 Å². The van der Waals surface area contributed by atoms with Gasteiger partial charge in [-0.2, -0.15) is 0 Å². The van der Waals surface area contributed by atoms with Crippen LogP contribution in [0.5, 0.6) is 5.75 Å². The number of hydrogen-bond donors (Lipinski definition) is 2. The van der Waals surface area contributed by atoms with Gasteiger partial charge in [0.1, 0.15) is 18.2 Å². The predicted octanol–water partition coefficient (Wildman–Crippen LogP) is 2.79. The van der Waals surface area contributed by atoms with Crippen LogP contribution in [0.15, 0.2) is 48.5 Å². The minimum Gasteiger partial charge on any atom is -0.489 e. The van der Waals surface area contributed by atoms with Crippen molar-refractivity contribution in [1.82, 2.24) is 5.32 Å². The highest BCUT2D eigenvalue weighted by molar-refractivity contribution is 5.85. The standard InChI is InChI=1S/C17H19FN2O2.ClH/c1-12(17(19)21)20-10-13-5-7-16(8-6-13)22-11-14-3-2-4-15(18)9-14;/h2-9,12,20H,10-11H2,1H3,(H2,19,21);1H/t12-;/m0./s1. The first kappa shape index (κ1) is 18.9. The predicted molar refractivity (Wildman–Crippen MR) is 89.9 cm³/mol. The molecular formula is C17H20ClFN2O2. The molecule has 0 radical (unpaired) electrons. The average molecular weight is 339 g/mol. The number of rotatable bonds is 7. The topological polar surface area (TPSA) is 64.3 Å². The number of carbonyl (C=O) groups is 1. The van der Waals surface area contributed by atoms with Gasteiger partial charge in [0, 0.05) is 6.54 Å². The van der Waals surface area contributed by atoms with Crippen LogP contribution in [0.4, 0.5) is 4.39 Å². The number of amides is 1. The SMILES string of the molecule is C[C@H](NCc1ccc(OCc2cccc(F)c2)cc1)C(N)=O.Cl. The van der Waals surface area contributed by atoms with E-state index >= 15 is 0 Å². The van der Waals surface area contributed by atoms with E-state index in [9.17, 15) is 9.18 Å². The van der Waals surface area contributed by atoms with Crippen molar-refractivity contribution in [2.24, 2.45) is 5.73 Å². The van der Waals surface area contributed by atoms with Gasteiger partial charge in [-0.25, -0.2) is 4.39 Å². The molecule has 2 aromatic carbocycles. The Balaban J connectivity index is 0.00000264. The van der Waals surface area contributed by atoms with Crippen LogP contribution in [0.2, 0.25) is 0 Å². The second kappa shape index (κ2) is 9.12. The number of primary amides is 1. The Morgan fingerprint density at radius 1 is 1.22 bits per heavy atom. The summed E-state index contributed by atoms with van der Waals surface area (Å²) >= 11 is 0. The Hall–Kier alpha value is -2.11. The Bertz CT molecular complexity index is 635. The minimum absolute atomic E-state index is 0. The van der Waals surface area contributed by atoms with Crippen molar-refractivity contribution in [2.75, 3.05) is 0 Å². The summed E-state index contributed by atoms with van der Waals surface area (Å²) in [5.74, 6) is 0.0529. The van der Waals surface area contributed by atoms with Gasteiger partial charge in [-0.3, -0.25) is 4.79 Å². The van der Waals surface area contributed by atoms with Crippen molar-refractivity contribution in [2.45, 2.75) is 26.1 Å². The maximum absolute atomic E-state index is 13.1. The Morgan fingerprint density at radius 2 is 1.91 bits per heavy atom. The number of nitrogens with one attached hydrogen (secondary N) is 1. The quantitative estimate of drug-likeness (QED) is 0.816. The summed E-state index contributed by atoms with van der Waals surface area (Å²) in [4.78, 5) is 10.9. The van der Waals surface area contributed by atoms with E-state index in [4.69, 9.17) is 10.5 Å². The van der Waals surface area contributed by atoms with Crippen LogP contribution < -0.4 is 15.8 Å². The van der Waals surface area contributed by atoms with Crippen molar-refractivity contribution in [1.29, 1.82) is 0 Å². The summed E-state index contributed by atoms with van der Waals surface area (Å²) in [6.07, 6.45) is 0. The maximum atomic E-state index is 13.1. The number of hydrogen-bond acceptors (Lipinski definition) is 3. The summed E-state index contributed by atoms with van der Waals surface area (Å²) in [5.41, 5.74) is 6.98. The number of benzene rings is 2. The molecule has 0 bridgehead atoms. The molecule has 2 rings (SSSR count). The van der Waals surface area contributed by atoms with Gasteiger partial charge in [-0.1, -0.05) is 24.3 Å². The van der Waals surface area contributed by atoms with Crippen LogP contribution in [0.25, 0.3) is 0 Å². The van der Waals surface area contributed by atoms with Crippen LogP contribution in [0, 0.1) is 5.82 Å². The summed E-state index contributed by atoms with van der Waals surface area (Å²) in [6.45, 7) is 2.58. The highest BCUT2D eigenvalue weighted by atomic mass is 35.5. The van der Waals surface area contributed by atoms with Crippen molar-refractivity contribution in [3.05, 3.63) is 65.5 Å². The fourth-order valence-electron chi connectivity index (χ4n) is 1.87. The molecule has 0 heterocycles. The molecule has 0 fully saturated rings. The van der Waals surface area contributed by atoms with Gasteiger partial charge < -0.3 is 15.8 Å². The van der Waals surface area contributed by atoms with Crippen molar-refractivity contribution in [3.8, 4) is 5.75 Å². The van der Waals surface area contributed by atoms with Gasteiger partial charge in [0.2, 0.25) is 5.91 Å². The number of ether oxygens (including phenoxy) is 1. The zero-order valence-electron chi connectivity index (χ0n) is 12.8. The normalized spacial score (nSPS) is 11.4. The first-order valence-electron chi connectivity index (χ1n) is 7.03. The zero-order valence-corrected chi connectivity index (χ0v) is 13.6. The molecule has 0 aromatic heterocycles. The van der Waals surface area contributed by atoms with E-state index < -0.39 is 0 Å². The van der Waals surface area contributed by atoms with Crippen molar-refractivity contribution < 1.29 is 13.9 Å². The lowest BCUT2D eigenvalue weighted by molar-refractivity contribution is -0.119. The Morgan fingerprint density at radius 3 is 2.52 bits per heavy atom. The van der Waals surface area contributed by atoms with E-state index in [1.165, 1.54) is 12.1 Å². The monoisotopic (exact) mass is 338 g/mol. The van der Waals surface area contributed by atoms with E-state index in [0.717, 1.165) is 11.1 Å². The smallest absolute Gasteiger partial charge is 0.234 e. The van der Waals surface area contributed by atoms with Crippen molar-refractivity contribution in [3.63, 3.8) is 0 Å². The second-order valence-electron chi connectivity index (χ2n) is 5.07. The third-order valence-electron chi connectivity index (χ3n) is 3.26. The molecule has 6 heteroatoms. The summed E-state index contributed by atoms with van der Waals surface area (Å²) in [5, 5.41) is 3.02. The molecule has 4 nitrogen and oxygen atoms in total. The maximum Gasteiger partial charge on any atom is 0.234 e. The van der Waals surface area contributed by atoms with Crippen molar-refractivity contribution >= 4 is 18.3 Å². The van der Waals surface area contributed by atoms with Gasteiger partial charge in [0.15, 0.2) is 0 Å². The van der Waals surface area contributed by atoms with Crippen LogP contribution >= 0.6 is 12.4 Å². The number of carbonyl (C=O) groups excluding carboxylic acids is 1. The minimum atomic E-state index is -0.380. The molecule has 3 N–H and O–H groups in total. The molecule has 0 saturated heterocycles. The molecule has 0 unspecified atom stereocenters.